The molecule has 1 fully saturated rings. The van der Waals surface area contributed by atoms with Gasteiger partial charge in [0, 0.05) is 46.4 Å². The van der Waals surface area contributed by atoms with Gasteiger partial charge in [-0.1, -0.05) is 41.9 Å². The maximum atomic E-state index is 13.6. The van der Waals surface area contributed by atoms with Gasteiger partial charge in [0.25, 0.3) is 15.9 Å². The third kappa shape index (κ3) is 5.90. The lowest BCUT2D eigenvalue weighted by molar-refractivity contribution is 0.0773. The zero-order chi connectivity index (χ0) is 34.6. The third-order valence-corrected chi connectivity index (χ3v) is 10.9. The zero-order valence-corrected chi connectivity index (χ0v) is 28.5. The zero-order valence-electron chi connectivity index (χ0n) is 26.9. The predicted molar refractivity (Wildman–Crippen MR) is 189 cm³/mol. The van der Waals surface area contributed by atoms with Crippen LogP contribution in [0.25, 0.3) is 39.5 Å². The summed E-state index contributed by atoms with van der Waals surface area (Å²) in [7, 11) is -2.24. The van der Waals surface area contributed by atoms with Crippen molar-refractivity contribution in [3.05, 3.63) is 119 Å². The Bertz CT molecular complexity index is 2390. The van der Waals surface area contributed by atoms with Crippen LogP contribution in [0.1, 0.15) is 34.5 Å². The highest BCUT2D eigenvalue weighted by Crippen LogP contribution is 2.40. The monoisotopic (exact) mass is 706 g/mol. The van der Waals surface area contributed by atoms with Gasteiger partial charge in [0.15, 0.2) is 0 Å². The summed E-state index contributed by atoms with van der Waals surface area (Å²) in [5.41, 5.74) is 5.31. The number of aromatic nitrogens is 3. The fourth-order valence-electron chi connectivity index (χ4n) is 6.55. The second-order valence-electron chi connectivity index (χ2n) is 12.8. The number of rotatable bonds is 8. The maximum Gasteiger partial charge on any atom is 0.329 e. The molecule has 2 N–H and O–H groups in total. The van der Waals surface area contributed by atoms with Gasteiger partial charge in [-0.2, -0.15) is 0 Å². The van der Waals surface area contributed by atoms with E-state index in [9.17, 15) is 18.0 Å². The Morgan fingerprint density at radius 3 is 2.32 bits per heavy atom. The largest absolute Gasteiger partial charge is 0.416 e. The average Bonchev–Trinajstić information content (AvgIpc) is 3.52. The molecule has 0 spiro atoms. The lowest BCUT2D eigenvalue weighted by Crippen LogP contribution is -2.46. The average molecular weight is 707 g/mol. The molecule has 0 atom stereocenters. The van der Waals surface area contributed by atoms with Crippen molar-refractivity contribution in [2.75, 3.05) is 13.6 Å². The van der Waals surface area contributed by atoms with Gasteiger partial charge in [-0.25, -0.2) is 17.9 Å². The molecule has 11 nitrogen and oxygen atoms in total. The summed E-state index contributed by atoms with van der Waals surface area (Å²) in [5, 5.41) is 12.8. The molecule has 1 aliphatic carbocycles. The van der Waals surface area contributed by atoms with Crippen molar-refractivity contribution in [3.63, 3.8) is 0 Å². The van der Waals surface area contributed by atoms with Crippen molar-refractivity contribution < 1.29 is 22.4 Å². The molecule has 0 saturated heterocycles. The molecule has 50 heavy (non-hydrogen) atoms. The fraction of sp³-hybridized carbons (Fsp3) is 0.189. The molecule has 6 aromatic rings. The highest BCUT2D eigenvalue weighted by atomic mass is 35.5. The second-order valence-corrected chi connectivity index (χ2v) is 14.9. The number of carbonyl (C=O) groups excluding carboxylic acids is 2. The number of carbonyl (C=O) groups is 2. The van der Waals surface area contributed by atoms with Gasteiger partial charge in [-0.15, -0.1) is 10.2 Å². The Morgan fingerprint density at radius 1 is 0.920 bits per heavy atom. The smallest absolute Gasteiger partial charge is 0.329 e. The van der Waals surface area contributed by atoms with E-state index in [1.165, 1.54) is 24.3 Å². The number of urea groups is 1. The van der Waals surface area contributed by atoms with Crippen LogP contribution >= 0.6 is 11.6 Å². The molecule has 3 amide bonds. The minimum Gasteiger partial charge on any atom is -0.416 e. The highest BCUT2D eigenvalue weighted by molar-refractivity contribution is 7.90. The number of benzene rings is 4. The van der Waals surface area contributed by atoms with Gasteiger partial charge in [-0.05, 0) is 104 Å². The number of hydrogen-bond acceptors (Lipinski definition) is 7. The van der Waals surface area contributed by atoms with E-state index < -0.39 is 21.6 Å². The van der Waals surface area contributed by atoms with E-state index in [1.807, 2.05) is 84.4 Å². The van der Waals surface area contributed by atoms with Gasteiger partial charge in [0.05, 0.1) is 10.4 Å². The number of halogens is 1. The summed E-state index contributed by atoms with van der Waals surface area (Å²) in [5.74, 6) is 0.775. The van der Waals surface area contributed by atoms with Crippen molar-refractivity contribution in [1.29, 1.82) is 0 Å². The van der Waals surface area contributed by atoms with Crippen molar-refractivity contribution >= 4 is 44.5 Å². The molecule has 2 aliphatic rings. The van der Waals surface area contributed by atoms with Crippen LogP contribution in [0.5, 0.6) is 0 Å². The molecule has 252 valence electrons. The van der Waals surface area contributed by atoms with Crippen LogP contribution in [0.2, 0.25) is 5.02 Å². The van der Waals surface area contributed by atoms with E-state index in [2.05, 4.69) is 20.2 Å². The molecule has 4 aromatic carbocycles. The van der Waals surface area contributed by atoms with Crippen LogP contribution in [0, 0.1) is 0 Å². The topological polar surface area (TPSA) is 139 Å². The second kappa shape index (κ2) is 12.1. The fourth-order valence-corrected chi connectivity index (χ4v) is 7.58. The van der Waals surface area contributed by atoms with Crippen LogP contribution in [-0.2, 0) is 22.9 Å². The minimum absolute atomic E-state index is 0.0510. The third-order valence-electron chi connectivity index (χ3n) is 9.33. The first-order valence-corrected chi connectivity index (χ1v) is 18.0. The van der Waals surface area contributed by atoms with Crippen LogP contribution in [0.3, 0.4) is 0 Å². The summed E-state index contributed by atoms with van der Waals surface area (Å²) in [6.45, 7) is 0.608. The Hall–Kier alpha value is -5.46. The van der Waals surface area contributed by atoms with Crippen LogP contribution in [0.15, 0.2) is 106 Å². The Balaban J connectivity index is 1.05. The first-order chi connectivity index (χ1) is 24.1. The summed E-state index contributed by atoms with van der Waals surface area (Å²) in [6, 6.07) is 28.2. The van der Waals surface area contributed by atoms with E-state index in [4.69, 9.17) is 16.0 Å². The van der Waals surface area contributed by atoms with Gasteiger partial charge in [0.1, 0.15) is 5.69 Å². The Morgan fingerprint density at radius 2 is 1.62 bits per heavy atom. The van der Waals surface area contributed by atoms with E-state index in [-0.39, 0.29) is 10.8 Å². The number of hydrogen-bond donors (Lipinski definition) is 2. The molecule has 0 radical (unpaired) electrons. The first kappa shape index (κ1) is 31.8. The summed E-state index contributed by atoms with van der Waals surface area (Å²) < 4.78 is 35.5. The normalized spacial score (nSPS) is 15.2. The molecule has 0 unspecified atom stereocenters. The van der Waals surface area contributed by atoms with Crippen LogP contribution in [-0.4, -0.2) is 59.2 Å². The van der Waals surface area contributed by atoms with Crippen molar-refractivity contribution in [2.24, 2.45) is 0 Å². The van der Waals surface area contributed by atoms with Crippen molar-refractivity contribution in [3.8, 4) is 28.6 Å². The molecule has 3 heterocycles. The highest BCUT2D eigenvalue weighted by Gasteiger charge is 2.44. The lowest BCUT2D eigenvalue weighted by atomic mass is 10.0. The number of nitrogens with one attached hydrogen (secondary N) is 2. The number of sulfonamides is 1. The van der Waals surface area contributed by atoms with E-state index in [1.54, 1.807) is 4.90 Å². The number of fused-ring (bicyclic) bond motifs is 3. The van der Waals surface area contributed by atoms with Crippen LogP contribution < -0.4 is 10.0 Å². The molecule has 13 heteroatoms. The van der Waals surface area contributed by atoms with Gasteiger partial charge < -0.3 is 19.2 Å². The first-order valence-electron chi connectivity index (χ1n) is 16.1. The van der Waals surface area contributed by atoms with E-state index >= 15 is 0 Å². The molecule has 0 bridgehead atoms. The van der Waals surface area contributed by atoms with Crippen LogP contribution in [0.4, 0.5) is 4.79 Å². The molecule has 2 aromatic heterocycles. The SMILES string of the molecule is CN1CCc2c(n(-c3ccc(CC4(NC(=O)NS(=O)(=O)c5ccc(Cl)cc5)CC4)cc3)c3ccc(-c4nnc(-c5ccccc5)o4)cc23)C1=O. The molecular formula is C37H31ClN6O5S. The molecule has 8 rings (SSSR count). The predicted octanol–water partition coefficient (Wildman–Crippen LogP) is 6.39. The summed E-state index contributed by atoms with van der Waals surface area (Å²) >= 11 is 5.87. The molecular weight excluding hydrogens is 676 g/mol. The standard InChI is InChI=1S/C37H31ClN6O5S/c1-43-20-17-29-30-21-25(34-41-40-33(49-34)24-5-3-2-4-6-24)9-16-31(30)44(32(29)35(43)45)27-12-7-23(8-13-27)22-37(18-19-37)39-36(46)42-50(47,48)28-14-10-26(38)11-15-28/h2-16,21H,17-20,22H2,1H3,(H2,39,42,46). The van der Waals surface area contributed by atoms with Crippen molar-refractivity contribution in [1.82, 2.24) is 29.7 Å². The number of likely N-dealkylation sites (N-methyl/N-ethyl adjacent to an activating group) is 1. The van der Waals surface area contributed by atoms with E-state index in [0.29, 0.717) is 41.9 Å². The molecule has 1 aliphatic heterocycles. The Kier molecular flexibility index (Phi) is 7.72. The summed E-state index contributed by atoms with van der Waals surface area (Å²) in [6.07, 6.45) is 2.65. The quantitative estimate of drug-likeness (QED) is 0.187. The van der Waals surface area contributed by atoms with Gasteiger partial charge >= 0.3 is 6.03 Å². The van der Waals surface area contributed by atoms with Crippen molar-refractivity contribution in [2.45, 2.75) is 36.1 Å². The maximum absolute atomic E-state index is 13.6. The van der Waals surface area contributed by atoms with Gasteiger partial charge in [-0.3, -0.25) is 4.79 Å². The number of amides is 3. The lowest BCUT2D eigenvalue weighted by Gasteiger charge is -2.24. The van der Waals surface area contributed by atoms with Gasteiger partial charge in [0.2, 0.25) is 11.8 Å². The number of nitrogens with zero attached hydrogens (tertiary/aromatic N) is 4. The Labute approximate surface area is 292 Å². The van der Waals surface area contributed by atoms with E-state index in [0.717, 1.165) is 51.7 Å². The minimum atomic E-state index is -4.05. The summed E-state index contributed by atoms with van der Waals surface area (Å²) in [4.78, 5) is 28.1. The molecule has 1 saturated carbocycles.